The lowest BCUT2D eigenvalue weighted by molar-refractivity contribution is -0.0504. The van der Waals surface area contributed by atoms with Crippen LogP contribution < -0.4 is 19.5 Å². The molecule has 2 aromatic carbocycles. The Labute approximate surface area is 150 Å². The average Bonchev–Trinajstić information content (AvgIpc) is 2.62. The quantitative estimate of drug-likeness (QED) is 0.729. The van der Waals surface area contributed by atoms with Crippen molar-refractivity contribution in [3.8, 4) is 17.2 Å². The largest absolute Gasteiger partial charge is 0.490 e. The van der Waals surface area contributed by atoms with Crippen LogP contribution in [0.4, 0.5) is 8.78 Å². The second kappa shape index (κ2) is 9.60. The third-order valence-corrected chi connectivity index (χ3v) is 3.43. The molecule has 26 heavy (non-hydrogen) atoms. The lowest BCUT2D eigenvalue weighted by atomic mass is 10.1. The van der Waals surface area contributed by atoms with E-state index in [1.165, 1.54) is 6.07 Å². The summed E-state index contributed by atoms with van der Waals surface area (Å²) in [4.78, 5) is 12.4. The van der Waals surface area contributed by atoms with Crippen LogP contribution in [0, 0.1) is 0 Å². The summed E-state index contributed by atoms with van der Waals surface area (Å²) in [6.45, 7) is 1.73. The van der Waals surface area contributed by atoms with Crippen LogP contribution in [0.15, 0.2) is 42.5 Å². The van der Waals surface area contributed by atoms with Crippen molar-refractivity contribution in [2.45, 2.75) is 27.0 Å². The van der Waals surface area contributed by atoms with Gasteiger partial charge in [-0.05, 0) is 38.1 Å². The SMILES string of the molecule is CCOc1ccc(C(=O)NCc2ccccc2OC(F)F)cc1OCC. The predicted molar refractivity (Wildman–Crippen MR) is 93.0 cm³/mol. The molecule has 0 aliphatic carbocycles. The van der Waals surface area contributed by atoms with Gasteiger partial charge in [-0.3, -0.25) is 4.79 Å². The van der Waals surface area contributed by atoms with Crippen LogP contribution in [0.3, 0.4) is 0 Å². The topological polar surface area (TPSA) is 56.8 Å². The van der Waals surface area contributed by atoms with E-state index in [-0.39, 0.29) is 18.2 Å². The van der Waals surface area contributed by atoms with Gasteiger partial charge in [0.15, 0.2) is 11.5 Å². The lowest BCUT2D eigenvalue weighted by Crippen LogP contribution is -2.23. The molecule has 2 aromatic rings. The van der Waals surface area contributed by atoms with Crippen molar-refractivity contribution in [2.75, 3.05) is 13.2 Å². The fourth-order valence-corrected chi connectivity index (χ4v) is 2.33. The summed E-state index contributed by atoms with van der Waals surface area (Å²) in [5, 5.41) is 2.69. The molecule has 0 atom stereocenters. The number of hydrogen-bond acceptors (Lipinski definition) is 4. The van der Waals surface area contributed by atoms with E-state index in [0.29, 0.717) is 35.8 Å². The van der Waals surface area contributed by atoms with Gasteiger partial charge in [0.05, 0.1) is 13.2 Å². The molecule has 0 aliphatic rings. The molecular formula is C19H21F2NO4. The van der Waals surface area contributed by atoms with Crippen LogP contribution in [0.1, 0.15) is 29.8 Å². The molecule has 0 aromatic heterocycles. The van der Waals surface area contributed by atoms with E-state index in [0.717, 1.165) is 0 Å². The van der Waals surface area contributed by atoms with Crippen molar-refractivity contribution in [1.82, 2.24) is 5.32 Å². The van der Waals surface area contributed by atoms with E-state index in [9.17, 15) is 13.6 Å². The molecule has 0 heterocycles. The monoisotopic (exact) mass is 365 g/mol. The first-order chi connectivity index (χ1) is 12.5. The van der Waals surface area contributed by atoms with Crippen molar-refractivity contribution in [1.29, 1.82) is 0 Å². The Kier molecular flexibility index (Phi) is 7.20. The molecule has 0 radical (unpaired) electrons. The zero-order valence-corrected chi connectivity index (χ0v) is 14.6. The highest BCUT2D eigenvalue weighted by atomic mass is 19.3. The maximum atomic E-state index is 12.4. The van der Waals surface area contributed by atoms with Crippen molar-refractivity contribution in [2.24, 2.45) is 0 Å². The average molecular weight is 365 g/mol. The first-order valence-corrected chi connectivity index (χ1v) is 8.25. The molecule has 2 rings (SSSR count). The van der Waals surface area contributed by atoms with E-state index in [2.05, 4.69) is 10.1 Å². The lowest BCUT2D eigenvalue weighted by Gasteiger charge is -2.13. The zero-order valence-electron chi connectivity index (χ0n) is 14.6. The van der Waals surface area contributed by atoms with Gasteiger partial charge in [0.25, 0.3) is 5.91 Å². The molecule has 7 heteroatoms. The summed E-state index contributed by atoms with van der Waals surface area (Å²) in [7, 11) is 0. The number of hydrogen-bond donors (Lipinski definition) is 1. The van der Waals surface area contributed by atoms with Gasteiger partial charge in [0.1, 0.15) is 5.75 Å². The van der Waals surface area contributed by atoms with E-state index in [4.69, 9.17) is 9.47 Å². The second-order valence-electron chi connectivity index (χ2n) is 5.20. The minimum Gasteiger partial charge on any atom is -0.490 e. The maximum absolute atomic E-state index is 12.4. The summed E-state index contributed by atoms with van der Waals surface area (Å²) in [5.41, 5.74) is 0.835. The molecule has 0 saturated heterocycles. The molecule has 1 amide bonds. The maximum Gasteiger partial charge on any atom is 0.387 e. The summed E-state index contributed by atoms with van der Waals surface area (Å²) < 4.78 is 40.3. The molecule has 0 bridgehead atoms. The van der Waals surface area contributed by atoms with Crippen LogP contribution in [-0.4, -0.2) is 25.7 Å². The molecule has 0 fully saturated rings. The van der Waals surface area contributed by atoms with Crippen LogP contribution in [0.2, 0.25) is 0 Å². The van der Waals surface area contributed by atoms with Gasteiger partial charge in [0, 0.05) is 17.7 Å². The van der Waals surface area contributed by atoms with Crippen LogP contribution in [-0.2, 0) is 6.54 Å². The van der Waals surface area contributed by atoms with Gasteiger partial charge >= 0.3 is 6.61 Å². The zero-order chi connectivity index (χ0) is 18.9. The fraction of sp³-hybridized carbons (Fsp3) is 0.316. The number of benzene rings is 2. The van der Waals surface area contributed by atoms with Crippen LogP contribution in [0.25, 0.3) is 0 Å². The standard InChI is InChI=1S/C19H21F2NO4/c1-3-24-16-10-9-13(11-17(16)25-4-2)18(23)22-12-14-7-5-6-8-15(14)26-19(20)21/h5-11,19H,3-4,12H2,1-2H3,(H,22,23). The van der Waals surface area contributed by atoms with Crippen molar-refractivity contribution in [3.63, 3.8) is 0 Å². The van der Waals surface area contributed by atoms with Crippen LogP contribution in [0.5, 0.6) is 17.2 Å². The van der Waals surface area contributed by atoms with Crippen LogP contribution >= 0.6 is 0 Å². The highest BCUT2D eigenvalue weighted by molar-refractivity contribution is 5.94. The number of carbonyl (C=O) groups excluding carboxylic acids is 1. The number of amides is 1. The van der Waals surface area contributed by atoms with E-state index in [1.54, 1.807) is 36.4 Å². The molecule has 1 N–H and O–H groups in total. The fourth-order valence-electron chi connectivity index (χ4n) is 2.33. The second-order valence-corrected chi connectivity index (χ2v) is 5.20. The minimum atomic E-state index is -2.92. The smallest absolute Gasteiger partial charge is 0.387 e. The number of nitrogens with one attached hydrogen (secondary N) is 1. The van der Waals surface area contributed by atoms with Gasteiger partial charge in [-0.15, -0.1) is 0 Å². The van der Waals surface area contributed by atoms with E-state index < -0.39 is 6.61 Å². The normalized spacial score (nSPS) is 10.5. The Hall–Kier alpha value is -2.83. The number of ether oxygens (including phenoxy) is 3. The van der Waals surface area contributed by atoms with E-state index >= 15 is 0 Å². The van der Waals surface area contributed by atoms with E-state index in [1.807, 2.05) is 13.8 Å². The van der Waals surface area contributed by atoms with Gasteiger partial charge in [-0.2, -0.15) is 8.78 Å². The number of rotatable bonds is 9. The highest BCUT2D eigenvalue weighted by Crippen LogP contribution is 2.28. The Morgan fingerprint density at radius 1 is 1.00 bits per heavy atom. The number of para-hydroxylation sites is 1. The molecular weight excluding hydrogens is 344 g/mol. The Bertz CT molecular complexity index is 737. The third kappa shape index (κ3) is 5.34. The Balaban J connectivity index is 2.09. The molecule has 0 aliphatic heterocycles. The number of carbonyl (C=O) groups is 1. The highest BCUT2D eigenvalue weighted by Gasteiger charge is 2.13. The summed E-state index contributed by atoms with van der Waals surface area (Å²) >= 11 is 0. The van der Waals surface area contributed by atoms with Crippen molar-refractivity contribution >= 4 is 5.91 Å². The summed E-state index contributed by atoms with van der Waals surface area (Å²) in [6.07, 6.45) is 0. The predicted octanol–water partition coefficient (Wildman–Crippen LogP) is 4.02. The Morgan fingerprint density at radius 2 is 1.69 bits per heavy atom. The van der Waals surface area contributed by atoms with Gasteiger partial charge < -0.3 is 19.5 Å². The van der Waals surface area contributed by atoms with Gasteiger partial charge in [-0.1, -0.05) is 18.2 Å². The number of alkyl halides is 2. The summed E-state index contributed by atoms with van der Waals surface area (Å²) in [6, 6.07) is 11.2. The van der Waals surface area contributed by atoms with Gasteiger partial charge in [-0.25, -0.2) is 0 Å². The molecule has 5 nitrogen and oxygen atoms in total. The van der Waals surface area contributed by atoms with Crippen molar-refractivity contribution in [3.05, 3.63) is 53.6 Å². The number of halogens is 2. The van der Waals surface area contributed by atoms with Gasteiger partial charge in [0.2, 0.25) is 0 Å². The molecule has 0 saturated carbocycles. The molecule has 0 unspecified atom stereocenters. The summed E-state index contributed by atoms with van der Waals surface area (Å²) in [5.74, 6) is 0.704. The first-order valence-electron chi connectivity index (χ1n) is 8.25. The third-order valence-electron chi connectivity index (χ3n) is 3.43. The molecule has 140 valence electrons. The first kappa shape index (κ1) is 19.5. The molecule has 0 spiro atoms. The Morgan fingerprint density at radius 3 is 2.38 bits per heavy atom. The minimum absolute atomic E-state index is 0.0319. The van der Waals surface area contributed by atoms with Crippen molar-refractivity contribution < 1.29 is 27.8 Å².